The number of nitrogens with zero attached hydrogens (tertiary/aromatic N) is 1. The first kappa shape index (κ1) is 16.0. The van der Waals surface area contributed by atoms with Crippen molar-refractivity contribution in [3.8, 4) is 5.75 Å². The molecule has 4 heterocycles. The highest BCUT2D eigenvalue weighted by atomic mass is 16.7. The van der Waals surface area contributed by atoms with Crippen LogP contribution in [0, 0.1) is 11.8 Å². The van der Waals surface area contributed by atoms with Gasteiger partial charge in [0.05, 0.1) is 43.4 Å². The van der Waals surface area contributed by atoms with Gasteiger partial charge in [0.15, 0.2) is 11.9 Å². The summed E-state index contributed by atoms with van der Waals surface area (Å²) < 4.78 is 22.7. The molecule has 4 aliphatic heterocycles. The van der Waals surface area contributed by atoms with Crippen LogP contribution in [-0.4, -0.2) is 49.6 Å². The van der Waals surface area contributed by atoms with Crippen LogP contribution in [0.2, 0.25) is 0 Å². The van der Waals surface area contributed by atoms with Crippen LogP contribution in [0.5, 0.6) is 5.75 Å². The Hall–Kier alpha value is -2.22. The number of fused-ring (bicyclic) bond motifs is 5. The summed E-state index contributed by atoms with van der Waals surface area (Å²) in [6.07, 6.45) is 2.61. The van der Waals surface area contributed by atoms with E-state index in [1.807, 2.05) is 19.1 Å². The van der Waals surface area contributed by atoms with Crippen molar-refractivity contribution in [1.29, 1.82) is 0 Å². The number of ether oxygens (including phenoxy) is 4. The summed E-state index contributed by atoms with van der Waals surface area (Å²) in [7, 11) is 0. The van der Waals surface area contributed by atoms with Crippen LogP contribution in [0.1, 0.15) is 6.92 Å². The summed E-state index contributed by atoms with van der Waals surface area (Å²) in [5.41, 5.74) is -0.473. The lowest BCUT2D eigenvalue weighted by Gasteiger charge is -2.32. The van der Waals surface area contributed by atoms with Gasteiger partial charge >= 0.3 is 0 Å². The van der Waals surface area contributed by atoms with E-state index in [2.05, 4.69) is 0 Å². The highest BCUT2D eigenvalue weighted by molar-refractivity contribution is 6.23. The summed E-state index contributed by atoms with van der Waals surface area (Å²) in [5.74, 6) is -0.968. The van der Waals surface area contributed by atoms with Crippen molar-refractivity contribution in [2.24, 2.45) is 11.8 Å². The Labute approximate surface area is 150 Å². The van der Waals surface area contributed by atoms with E-state index in [0.717, 1.165) is 0 Å². The third-order valence-corrected chi connectivity index (χ3v) is 5.47. The molecule has 7 nitrogen and oxygen atoms in total. The molecule has 0 aliphatic carbocycles. The number of rotatable bonds is 4. The average Bonchev–Trinajstić information content (AvgIpc) is 3.40. The van der Waals surface area contributed by atoms with Gasteiger partial charge in [0, 0.05) is 0 Å². The Morgan fingerprint density at radius 2 is 1.88 bits per heavy atom. The van der Waals surface area contributed by atoms with E-state index in [0.29, 0.717) is 31.3 Å². The van der Waals surface area contributed by atoms with Crippen molar-refractivity contribution in [3.05, 3.63) is 36.4 Å². The minimum atomic E-state index is -1.02. The number of carbonyl (C=O) groups excluding carboxylic acids is 2. The van der Waals surface area contributed by atoms with E-state index < -0.39 is 29.8 Å². The molecule has 0 spiro atoms. The van der Waals surface area contributed by atoms with Gasteiger partial charge in [-0.25, -0.2) is 4.90 Å². The maximum atomic E-state index is 13.2. The zero-order chi connectivity index (χ0) is 17.9. The van der Waals surface area contributed by atoms with E-state index in [4.69, 9.17) is 18.9 Å². The molecule has 1 aromatic rings. The predicted octanol–water partition coefficient (Wildman–Crippen LogP) is 1.27. The van der Waals surface area contributed by atoms with Crippen molar-refractivity contribution < 1.29 is 28.5 Å². The van der Waals surface area contributed by atoms with Gasteiger partial charge in [0.2, 0.25) is 11.8 Å². The third-order valence-electron chi connectivity index (χ3n) is 5.47. The normalized spacial score (nSPS) is 35.6. The molecular weight excluding hydrogens is 338 g/mol. The molecule has 0 saturated carbocycles. The average molecular weight is 357 g/mol. The smallest absolute Gasteiger partial charge is 0.241 e. The number of carbonyl (C=O) groups is 2. The molecular formula is C19H19NO6. The third kappa shape index (κ3) is 1.99. The number of hydrogen-bond donors (Lipinski definition) is 0. The Balaban J connectivity index is 1.49. The second-order valence-corrected chi connectivity index (χ2v) is 6.81. The quantitative estimate of drug-likeness (QED) is 0.597. The fourth-order valence-electron chi connectivity index (χ4n) is 4.44. The first-order valence-corrected chi connectivity index (χ1v) is 8.87. The van der Waals surface area contributed by atoms with Crippen molar-refractivity contribution in [3.63, 3.8) is 0 Å². The summed E-state index contributed by atoms with van der Waals surface area (Å²) in [6, 6.07) is 6.98. The molecule has 0 aromatic heterocycles. The number of imide groups is 1. The zero-order valence-electron chi connectivity index (χ0n) is 14.3. The van der Waals surface area contributed by atoms with E-state index >= 15 is 0 Å². The van der Waals surface area contributed by atoms with Gasteiger partial charge in [-0.05, 0) is 37.3 Å². The monoisotopic (exact) mass is 357 g/mol. The zero-order valence-corrected chi connectivity index (χ0v) is 14.3. The molecule has 3 fully saturated rings. The SMILES string of the molecule is CCOc1ccc(N2C(=O)[C@@H]3[C@H]4C=C[C@@](C5OCCO5)(O4)[C@H]3C2=O)cc1. The molecule has 136 valence electrons. The lowest BCUT2D eigenvalue weighted by molar-refractivity contribution is -0.180. The first-order chi connectivity index (χ1) is 12.7. The minimum absolute atomic E-state index is 0.238. The van der Waals surface area contributed by atoms with E-state index in [1.165, 1.54) is 4.90 Å². The highest BCUT2D eigenvalue weighted by Gasteiger charge is 2.71. The Bertz CT molecular complexity index is 784. The van der Waals surface area contributed by atoms with Gasteiger partial charge in [0.25, 0.3) is 0 Å². The molecule has 7 heteroatoms. The second kappa shape index (κ2) is 5.64. The summed E-state index contributed by atoms with van der Waals surface area (Å²) >= 11 is 0. The largest absolute Gasteiger partial charge is 0.494 e. The summed E-state index contributed by atoms with van der Waals surface area (Å²) in [5, 5.41) is 0. The fraction of sp³-hybridized carbons (Fsp3) is 0.474. The van der Waals surface area contributed by atoms with Crippen molar-refractivity contribution >= 4 is 17.5 Å². The number of hydrogen-bond acceptors (Lipinski definition) is 6. The molecule has 4 aliphatic rings. The molecule has 2 amide bonds. The van der Waals surface area contributed by atoms with Gasteiger partial charge < -0.3 is 18.9 Å². The minimum Gasteiger partial charge on any atom is -0.494 e. The molecule has 4 atom stereocenters. The lowest BCUT2D eigenvalue weighted by atomic mass is 9.76. The molecule has 3 saturated heterocycles. The lowest BCUT2D eigenvalue weighted by Crippen LogP contribution is -2.49. The summed E-state index contributed by atoms with van der Waals surface area (Å²) in [6.45, 7) is 3.37. The van der Waals surface area contributed by atoms with Gasteiger partial charge in [-0.1, -0.05) is 6.08 Å². The molecule has 26 heavy (non-hydrogen) atoms. The molecule has 0 unspecified atom stereocenters. The molecule has 0 radical (unpaired) electrons. The van der Waals surface area contributed by atoms with Crippen LogP contribution in [0.15, 0.2) is 36.4 Å². The topological polar surface area (TPSA) is 74.3 Å². The standard InChI is InChI=1S/C19H19NO6/c1-2-23-12-5-3-11(4-6-12)20-16(21)14-13-7-8-19(26-13,15(14)17(20)22)18-24-9-10-25-18/h3-8,13-15,18H,2,9-10H2,1H3/t13-,14-,15-,19-/m1/s1. The van der Waals surface area contributed by atoms with Gasteiger partial charge in [0.1, 0.15) is 5.75 Å². The van der Waals surface area contributed by atoms with Crippen molar-refractivity contribution in [2.75, 3.05) is 24.7 Å². The fourth-order valence-corrected chi connectivity index (χ4v) is 4.44. The van der Waals surface area contributed by atoms with Crippen molar-refractivity contribution in [2.45, 2.75) is 24.9 Å². The first-order valence-electron chi connectivity index (χ1n) is 8.87. The van der Waals surface area contributed by atoms with E-state index in [9.17, 15) is 9.59 Å². The van der Waals surface area contributed by atoms with Gasteiger partial charge in [-0.3, -0.25) is 9.59 Å². The molecule has 5 rings (SSSR count). The molecule has 1 aromatic carbocycles. The maximum absolute atomic E-state index is 13.2. The van der Waals surface area contributed by atoms with Crippen LogP contribution in [0.3, 0.4) is 0 Å². The number of anilines is 1. The summed E-state index contributed by atoms with van der Waals surface area (Å²) in [4.78, 5) is 27.5. The van der Waals surface area contributed by atoms with Gasteiger partial charge in [-0.2, -0.15) is 0 Å². The highest BCUT2D eigenvalue weighted by Crippen LogP contribution is 2.55. The Kier molecular flexibility index (Phi) is 3.47. The maximum Gasteiger partial charge on any atom is 0.241 e. The Morgan fingerprint density at radius 1 is 1.15 bits per heavy atom. The van der Waals surface area contributed by atoms with Crippen LogP contribution in [0.25, 0.3) is 0 Å². The number of benzene rings is 1. The van der Waals surface area contributed by atoms with Crippen molar-refractivity contribution in [1.82, 2.24) is 0 Å². The van der Waals surface area contributed by atoms with Crippen LogP contribution < -0.4 is 9.64 Å². The van der Waals surface area contributed by atoms with Gasteiger partial charge in [-0.15, -0.1) is 0 Å². The molecule has 2 bridgehead atoms. The van der Waals surface area contributed by atoms with Crippen LogP contribution in [-0.2, 0) is 23.8 Å². The van der Waals surface area contributed by atoms with E-state index in [-0.39, 0.29) is 11.8 Å². The van der Waals surface area contributed by atoms with E-state index in [1.54, 1.807) is 24.3 Å². The molecule has 0 N–H and O–H groups in total. The second-order valence-electron chi connectivity index (χ2n) is 6.81. The van der Waals surface area contributed by atoms with Crippen LogP contribution in [0.4, 0.5) is 5.69 Å². The number of amides is 2. The predicted molar refractivity (Wildman–Crippen MR) is 89.5 cm³/mol. The Morgan fingerprint density at radius 3 is 2.58 bits per heavy atom. The van der Waals surface area contributed by atoms with Crippen LogP contribution >= 0.6 is 0 Å².